The van der Waals surface area contributed by atoms with Crippen LogP contribution < -0.4 is 4.90 Å². The number of hydrogen-bond donors (Lipinski definition) is 0. The number of aryl methyl sites for hydroxylation is 1. The third-order valence-electron chi connectivity index (χ3n) is 5.30. The van der Waals surface area contributed by atoms with Gasteiger partial charge in [0.15, 0.2) is 0 Å². The van der Waals surface area contributed by atoms with Crippen LogP contribution in [0.25, 0.3) is 11.0 Å². The molecule has 1 amide bonds. The van der Waals surface area contributed by atoms with Crippen molar-refractivity contribution in [1.29, 1.82) is 0 Å². The lowest BCUT2D eigenvalue weighted by atomic mass is 10.1. The minimum atomic E-state index is -0.292. The molecule has 1 atom stereocenters. The van der Waals surface area contributed by atoms with Crippen molar-refractivity contribution < 1.29 is 9.18 Å². The lowest BCUT2D eigenvalue weighted by Gasteiger charge is -2.17. The predicted octanol–water partition coefficient (Wildman–Crippen LogP) is 4.89. The second-order valence-corrected chi connectivity index (χ2v) is 7.20. The van der Waals surface area contributed by atoms with Crippen LogP contribution in [0.4, 0.5) is 10.1 Å². The summed E-state index contributed by atoms with van der Waals surface area (Å²) in [6.07, 6.45) is 3.89. The molecule has 0 radical (unpaired) electrons. The fraction of sp³-hybridized carbons (Fsp3) is 0.364. The van der Waals surface area contributed by atoms with E-state index in [1.54, 1.807) is 17.0 Å². The number of aromatic nitrogens is 2. The minimum Gasteiger partial charge on any atom is -0.328 e. The van der Waals surface area contributed by atoms with E-state index < -0.39 is 0 Å². The molecule has 1 aromatic heterocycles. The van der Waals surface area contributed by atoms with E-state index in [0.29, 0.717) is 13.0 Å². The quantitative estimate of drug-likeness (QED) is 0.584. The molecule has 27 heavy (non-hydrogen) atoms. The highest BCUT2D eigenvalue weighted by atomic mass is 19.1. The fourth-order valence-electron chi connectivity index (χ4n) is 3.91. The van der Waals surface area contributed by atoms with Gasteiger partial charge in [0.25, 0.3) is 0 Å². The van der Waals surface area contributed by atoms with Crippen molar-refractivity contribution in [2.45, 2.75) is 45.1 Å². The number of nitrogens with zero attached hydrogens (tertiary/aromatic N) is 3. The van der Waals surface area contributed by atoms with E-state index in [1.807, 2.05) is 18.2 Å². The zero-order valence-corrected chi connectivity index (χ0v) is 15.6. The molecule has 0 N–H and O–H groups in total. The lowest BCUT2D eigenvalue weighted by molar-refractivity contribution is -0.117. The van der Waals surface area contributed by atoms with Gasteiger partial charge < -0.3 is 9.47 Å². The maximum Gasteiger partial charge on any atom is 0.227 e. The molecule has 140 valence electrons. The smallest absolute Gasteiger partial charge is 0.227 e. The Kier molecular flexibility index (Phi) is 4.92. The molecule has 0 aliphatic carbocycles. The van der Waals surface area contributed by atoms with Crippen LogP contribution >= 0.6 is 0 Å². The molecule has 4 nitrogen and oxygen atoms in total. The van der Waals surface area contributed by atoms with Crippen molar-refractivity contribution in [1.82, 2.24) is 9.55 Å². The summed E-state index contributed by atoms with van der Waals surface area (Å²) in [5, 5.41) is 0. The number of amides is 1. The van der Waals surface area contributed by atoms with Gasteiger partial charge >= 0.3 is 0 Å². The van der Waals surface area contributed by atoms with E-state index in [2.05, 4.69) is 17.6 Å². The zero-order chi connectivity index (χ0) is 18.8. The number of rotatable bonds is 6. The Morgan fingerprint density at radius 1 is 1.11 bits per heavy atom. The molecule has 2 aromatic carbocycles. The van der Waals surface area contributed by atoms with Crippen LogP contribution in [0.3, 0.4) is 0 Å². The molecule has 1 aliphatic heterocycles. The highest BCUT2D eigenvalue weighted by Crippen LogP contribution is 2.33. The molecule has 1 saturated heterocycles. The summed E-state index contributed by atoms with van der Waals surface area (Å²) in [7, 11) is 0. The van der Waals surface area contributed by atoms with Crippen LogP contribution in [0.5, 0.6) is 0 Å². The average Bonchev–Trinajstić information content (AvgIpc) is 3.24. The van der Waals surface area contributed by atoms with Gasteiger partial charge in [-0.1, -0.05) is 31.9 Å². The summed E-state index contributed by atoms with van der Waals surface area (Å²) >= 11 is 0. The zero-order valence-electron chi connectivity index (χ0n) is 15.6. The fourth-order valence-corrected chi connectivity index (χ4v) is 3.91. The highest BCUT2D eigenvalue weighted by molar-refractivity contribution is 5.96. The molecule has 1 aliphatic rings. The Balaban J connectivity index is 1.64. The van der Waals surface area contributed by atoms with Gasteiger partial charge in [-0.2, -0.15) is 0 Å². The third kappa shape index (κ3) is 3.46. The molecule has 0 spiro atoms. The predicted molar refractivity (Wildman–Crippen MR) is 105 cm³/mol. The topological polar surface area (TPSA) is 38.1 Å². The minimum absolute atomic E-state index is 0.0524. The number of hydrogen-bond acceptors (Lipinski definition) is 2. The lowest BCUT2D eigenvalue weighted by Crippen LogP contribution is -2.24. The summed E-state index contributed by atoms with van der Waals surface area (Å²) < 4.78 is 15.5. The number of unbranched alkanes of at least 4 members (excludes halogenated alkanes) is 2. The number of para-hydroxylation sites is 2. The van der Waals surface area contributed by atoms with E-state index in [4.69, 9.17) is 4.98 Å². The standard InChI is InChI=1S/C22H24FN3O/c1-2-3-6-13-25-20-8-5-4-7-19(20)24-22(25)16-14-21(27)26(15-16)18-11-9-17(23)10-12-18/h4-5,7-12,16H,2-3,6,13-15H2,1H3/t16-/m0/s1. The van der Waals surface area contributed by atoms with Crippen molar-refractivity contribution in [3.8, 4) is 0 Å². The van der Waals surface area contributed by atoms with Gasteiger partial charge in [0.1, 0.15) is 11.6 Å². The highest BCUT2D eigenvalue weighted by Gasteiger charge is 2.34. The molecule has 0 saturated carbocycles. The van der Waals surface area contributed by atoms with Gasteiger partial charge in [-0.25, -0.2) is 9.37 Å². The number of anilines is 1. The Bertz CT molecular complexity index is 948. The number of carbonyl (C=O) groups excluding carboxylic acids is 1. The summed E-state index contributed by atoms with van der Waals surface area (Å²) in [4.78, 5) is 19.2. The van der Waals surface area contributed by atoms with Gasteiger partial charge in [0.2, 0.25) is 5.91 Å². The van der Waals surface area contributed by atoms with Crippen LogP contribution in [0.1, 0.15) is 44.3 Å². The summed E-state index contributed by atoms with van der Waals surface area (Å²) in [5.41, 5.74) is 2.87. The van der Waals surface area contributed by atoms with Crippen molar-refractivity contribution in [3.63, 3.8) is 0 Å². The molecule has 1 fully saturated rings. The van der Waals surface area contributed by atoms with E-state index >= 15 is 0 Å². The van der Waals surface area contributed by atoms with E-state index in [0.717, 1.165) is 35.5 Å². The third-order valence-corrected chi connectivity index (χ3v) is 5.30. The maximum atomic E-state index is 13.2. The number of fused-ring (bicyclic) bond motifs is 1. The molecule has 5 heteroatoms. The Morgan fingerprint density at radius 2 is 1.89 bits per heavy atom. The molecule has 0 unspecified atom stereocenters. The first-order valence-electron chi connectivity index (χ1n) is 9.68. The van der Waals surface area contributed by atoms with Gasteiger partial charge in [0, 0.05) is 31.1 Å². The first kappa shape index (κ1) is 17.7. The number of imidazole rings is 1. The van der Waals surface area contributed by atoms with Gasteiger partial charge in [-0.05, 0) is 42.8 Å². The van der Waals surface area contributed by atoms with Crippen molar-refractivity contribution in [2.75, 3.05) is 11.4 Å². The van der Waals surface area contributed by atoms with Crippen molar-refractivity contribution in [2.24, 2.45) is 0 Å². The molecule has 4 rings (SSSR count). The number of benzene rings is 2. The maximum absolute atomic E-state index is 13.2. The first-order chi connectivity index (χ1) is 13.2. The number of carbonyl (C=O) groups is 1. The van der Waals surface area contributed by atoms with Gasteiger partial charge in [-0.15, -0.1) is 0 Å². The Morgan fingerprint density at radius 3 is 2.67 bits per heavy atom. The molecular formula is C22H24FN3O. The van der Waals surface area contributed by atoms with E-state index in [9.17, 15) is 9.18 Å². The summed E-state index contributed by atoms with van der Waals surface area (Å²) in [6.45, 7) is 3.70. The molecule has 3 aromatic rings. The summed E-state index contributed by atoms with van der Waals surface area (Å²) in [5.74, 6) is 0.820. The Labute approximate surface area is 158 Å². The van der Waals surface area contributed by atoms with Crippen molar-refractivity contribution in [3.05, 3.63) is 60.2 Å². The monoisotopic (exact) mass is 365 g/mol. The van der Waals surface area contributed by atoms with Crippen molar-refractivity contribution >= 4 is 22.6 Å². The molecular weight excluding hydrogens is 341 g/mol. The van der Waals surface area contributed by atoms with Crippen LogP contribution in [0.2, 0.25) is 0 Å². The van der Waals surface area contributed by atoms with E-state index in [1.165, 1.54) is 25.0 Å². The summed E-state index contributed by atoms with van der Waals surface area (Å²) in [6, 6.07) is 14.3. The van der Waals surface area contributed by atoms with Gasteiger partial charge in [0.05, 0.1) is 11.0 Å². The number of halogens is 1. The molecule has 2 heterocycles. The largest absolute Gasteiger partial charge is 0.328 e. The SMILES string of the molecule is CCCCCn1c([C@H]2CC(=O)N(c3ccc(F)cc3)C2)nc2ccccc21. The second-order valence-electron chi connectivity index (χ2n) is 7.20. The molecule has 0 bridgehead atoms. The van der Waals surface area contributed by atoms with Crippen LogP contribution in [-0.2, 0) is 11.3 Å². The normalized spacial score (nSPS) is 17.2. The van der Waals surface area contributed by atoms with Crippen LogP contribution in [0, 0.1) is 5.82 Å². The van der Waals surface area contributed by atoms with E-state index in [-0.39, 0.29) is 17.6 Å². The Hall–Kier alpha value is -2.69. The van der Waals surface area contributed by atoms with Crippen LogP contribution in [-0.4, -0.2) is 22.0 Å². The second kappa shape index (κ2) is 7.51. The first-order valence-corrected chi connectivity index (χ1v) is 9.68. The average molecular weight is 365 g/mol. The van der Waals surface area contributed by atoms with Crippen LogP contribution in [0.15, 0.2) is 48.5 Å². The van der Waals surface area contributed by atoms with Gasteiger partial charge in [-0.3, -0.25) is 4.79 Å².